The van der Waals surface area contributed by atoms with Crippen molar-refractivity contribution in [3.63, 3.8) is 0 Å². The highest BCUT2D eigenvalue weighted by Crippen LogP contribution is 2.41. The summed E-state index contributed by atoms with van der Waals surface area (Å²) in [5, 5.41) is 9.07. The first kappa shape index (κ1) is 17.5. The van der Waals surface area contributed by atoms with Gasteiger partial charge in [0.1, 0.15) is 5.82 Å². The van der Waals surface area contributed by atoms with Crippen LogP contribution in [0.15, 0.2) is 23.1 Å². The summed E-state index contributed by atoms with van der Waals surface area (Å²) in [6, 6.07) is 3.18. The van der Waals surface area contributed by atoms with Gasteiger partial charge in [-0.1, -0.05) is 0 Å². The molecule has 2 atom stereocenters. The van der Waals surface area contributed by atoms with E-state index in [1.54, 1.807) is 6.07 Å². The number of rotatable bonds is 3. The third-order valence-electron chi connectivity index (χ3n) is 6.32. The zero-order chi connectivity index (χ0) is 19.6. The average Bonchev–Trinajstić information content (AvgIpc) is 3.43. The van der Waals surface area contributed by atoms with Gasteiger partial charge in [-0.2, -0.15) is 0 Å². The molecule has 1 aromatic heterocycles. The van der Waals surface area contributed by atoms with Crippen LogP contribution in [0.3, 0.4) is 0 Å². The lowest BCUT2D eigenvalue weighted by molar-refractivity contribution is 0.143. The number of hydrogen-bond acceptors (Lipinski definition) is 5. The van der Waals surface area contributed by atoms with Gasteiger partial charge < -0.3 is 19.3 Å². The Morgan fingerprint density at radius 2 is 2.07 bits per heavy atom. The number of anilines is 1. The first-order valence-electron chi connectivity index (χ1n) is 9.65. The molecule has 1 aliphatic carbocycles. The van der Waals surface area contributed by atoms with Crippen molar-refractivity contribution in [2.24, 2.45) is 0 Å². The van der Waals surface area contributed by atoms with Crippen molar-refractivity contribution in [2.75, 3.05) is 31.1 Å². The highest BCUT2D eigenvalue weighted by molar-refractivity contribution is 5.85. The molecule has 3 aliphatic rings. The van der Waals surface area contributed by atoms with Gasteiger partial charge in [-0.05, 0) is 38.3 Å². The normalized spacial score (nSPS) is 26.6. The molecular weight excluding hydrogens is 365 g/mol. The molecule has 28 heavy (non-hydrogen) atoms. The van der Waals surface area contributed by atoms with Gasteiger partial charge in [0.05, 0.1) is 28.3 Å². The molecule has 2 aliphatic heterocycles. The predicted octanol–water partition coefficient (Wildman–Crippen LogP) is 2.82. The van der Waals surface area contributed by atoms with Gasteiger partial charge in [0.15, 0.2) is 5.75 Å². The molecule has 5 rings (SSSR count). The summed E-state index contributed by atoms with van der Waals surface area (Å²) in [6.07, 6.45) is 2.75. The zero-order valence-corrected chi connectivity index (χ0v) is 15.7. The van der Waals surface area contributed by atoms with Crippen LogP contribution >= 0.6 is 0 Å². The van der Waals surface area contributed by atoms with Crippen molar-refractivity contribution >= 4 is 22.7 Å². The van der Waals surface area contributed by atoms with E-state index in [-0.39, 0.29) is 22.7 Å². The monoisotopic (exact) mass is 387 g/mol. The predicted molar refractivity (Wildman–Crippen MR) is 102 cm³/mol. The molecule has 1 N–H and O–H groups in total. The number of carboxylic acid groups (broad SMARTS) is 1. The van der Waals surface area contributed by atoms with Crippen molar-refractivity contribution in [1.82, 2.24) is 9.47 Å². The fourth-order valence-corrected chi connectivity index (χ4v) is 4.73. The maximum Gasteiger partial charge on any atom is 0.511 e. The molecule has 2 aromatic rings. The van der Waals surface area contributed by atoms with Crippen LogP contribution in [-0.2, 0) is 0 Å². The van der Waals surface area contributed by atoms with E-state index in [0.29, 0.717) is 11.2 Å². The van der Waals surface area contributed by atoms with E-state index >= 15 is 4.39 Å². The van der Waals surface area contributed by atoms with E-state index in [4.69, 9.17) is 5.11 Å². The minimum absolute atomic E-state index is 0.121. The number of halogens is 1. The maximum absolute atomic E-state index is 15.2. The Bertz CT molecular complexity index is 1050. The van der Waals surface area contributed by atoms with Crippen molar-refractivity contribution in [1.29, 1.82) is 0 Å². The smallest absolute Gasteiger partial charge is 0.449 e. The lowest BCUT2D eigenvalue weighted by atomic mass is 9.96. The van der Waals surface area contributed by atoms with E-state index < -0.39 is 17.4 Å². The second-order valence-electron chi connectivity index (χ2n) is 8.32. The quantitative estimate of drug-likeness (QED) is 0.817. The lowest BCUT2D eigenvalue weighted by Crippen LogP contribution is -2.55. The number of hydrogen-bond donors (Lipinski definition) is 1. The Morgan fingerprint density at radius 1 is 1.29 bits per heavy atom. The molecule has 2 unspecified atom stereocenters. The summed E-state index contributed by atoms with van der Waals surface area (Å²) >= 11 is 0. The van der Waals surface area contributed by atoms with Gasteiger partial charge in [-0.25, -0.2) is 9.18 Å². The standard InChI is InChI=1S/C20H22FN3O4/c1-20-4-5-22(11-20)6-7-24(20)16-9-15-13(8-14(16)21)18(25)17(28-19(26)27)10-23(15)12-2-3-12/h8-10,12H,2-7,11H2,1H3,(H,26,27). The van der Waals surface area contributed by atoms with Crippen molar-refractivity contribution in [2.45, 2.75) is 37.8 Å². The molecule has 0 radical (unpaired) electrons. The second kappa shape index (κ2) is 5.94. The third-order valence-corrected chi connectivity index (χ3v) is 6.32. The SMILES string of the molecule is CC12CCN(CCN1c1cc3c(cc1F)c(=O)c(OC(=O)O)cn3C1CC1)C2. The average molecular weight is 387 g/mol. The molecule has 0 amide bonds. The van der Waals surface area contributed by atoms with E-state index in [1.165, 1.54) is 12.3 Å². The number of aromatic nitrogens is 1. The second-order valence-corrected chi connectivity index (χ2v) is 8.32. The van der Waals surface area contributed by atoms with Crippen LogP contribution in [0, 0.1) is 5.82 Å². The van der Waals surface area contributed by atoms with E-state index in [2.05, 4.69) is 21.5 Å². The number of pyridine rings is 1. The van der Waals surface area contributed by atoms with Crippen molar-refractivity contribution in [3.05, 3.63) is 34.4 Å². The largest absolute Gasteiger partial charge is 0.511 e. The summed E-state index contributed by atoms with van der Waals surface area (Å²) in [5.41, 5.74) is 0.420. The number of nitrogens with zero attached hydrogens (tertiary/aromatic N) is 3. The Morgan fingerprint density at radius 3 is 2.79 bits per heavy atom. The molecule has 1 aromatic carbocycles. The van der Waals surface area contributed by atoms with Crippen LogP contribution in [0.4, 0.5) is 14.9 Å². The number of fused-ring (bicyclic) bond motifs is 3. The summed E-state index contributed by atoms with van der Waals surface area (Å²) < 4.78 is 21.7. The summed E-state index contributed by atoms with van der Waals surface area (Å²) in [5.74, 6) is -0.739. The van der Waals surface area contributed by atoms with Crippen LogP contribution in [0.5, 0.6) is 5.75 Å². The molecule has 2 bridgehead atoms. The summed E-state index contributed by atoms with van der Waals surface area (Å²) in [4.78, 5) is 28.2. The molecule has 8 heteroatoms. The van der Waals surface area contributed by atoms with E-state index in [1.807, 2.05) is 4.57 Å². The van der Waals surface area contributed by atoms with Crippen LogP contribution in [0.1, 0.15) is 32.2 Å². The number of carbonyl (C=O) groups is 1. The van der Waals surface area contributed by atoms with Gasteiger partial charge in [-0.15, -0.1) is 0 Å². The maximum atomic E-state index is 15.2. The molecule has 148 valence electrons. The van der Waals surface area contributed by atoms with Gasteiger partial charge in [0.2, 0.25) is 5.43 Å². The van der Waals surface area contributed by atoms with Gasteiger partial charge in [0.25, 0.3) is 0 Å². The minimum atomic E-state index is -1.55. The number of ether oxygens (including phenoxy) is 1. The third kappa shape index (κ3) is 2.66. The van der Waals surface area contributed by atoms with Crippen LogP contribution in [-0.4, -0.2) is 52.4 Å². The summed E-state index contributed by atoms with van der Waals surface area (Å²) in [7, 11) is 0. The Hall–Kier alpha value is -2.61. The Balaban J connectivity index is 1.69. The fraction of sp³-hybridized carbons (Fsp3) is 0.500. The number of piperazine rings is 1. The molecule has 2 saturated heterocycles. The van der Waals surface area contributed by atoms with Crippen LogP contribution < -0.4 is 15.1 Å². The molecule has 1 saturated carbocycles. The van der Waals surface area contributed by atoms with Gasteiger partial charge in [-0.3, -0.25) is 9.69 Å². The van der Waals surface area contributed by atoms with Crippen molar-refractivity contribution < 1.29 is 19.0 Å². The van der Waals surface area contributed by atoms with Gasteiger partial charge in [0, 0.05) is 32.2 Å². The topological polar surface area (TPSA) is 75.0 Å². The lowest BCUT2D eigenvalue weighted by Gasteiger charge is -2.44. The first-order valence-corrected chi connectivity index (χ1v) is 9.65. The van der Waals surface area contributed by atoms with Crippen LogP contribution in [0.2, 0.25) is 0 Å². The molecule has 0 spiro atoms. The Kier molecular flexibility index (Phi) is 3.71. The molecule has 7 nitrogen and oxygen atoms in total. The van der Waals surface area contributed by atoms with Crippen LogP contribution in [0.25, 0.3) is 10.9 Å². The Labute approximate surface area is 160 Å². The highest BCUT2D eigenvalue weighted by atomic mass is 19.1. The minimum Gasteiger partial charge on any atom is -0.449 e. The molecular formula is C20H22FN3O4. The van der Waals surface area contributed by atoms with Crippen molar-refractivity contribution in [3.8, 4) is 5.75 Å². The van der Waals surface area contributed by atoms with E-state index in [9.17, 15) is 9.59 Å². The molecule has 3 fully saturated rings. The van der Waals surface area contributed by atoms with E-state index in [0.717, 1.165) is 45.4 Å². The first-order chi connectivity index (χ1) is 13.4. The zero-order valence-electron chi connectivity index (χ0n) is 15.7. The fourth-order valence-electron chi connectivity index (χ4n) is 4.73. The van der Waals surface area contributed by atoms with Gasteiger partial charge >= 0.3 is 6.16 Å². The highest BCUT2D eigenvalue weighted by Gasteiger charge is 2.43. The summed E-state index contributed by atoms with van der Waals surface area (Å²) in [6.45, 7) is 5.73. The molecule has 3 heterocycles. The number of benzene rings is 1.